The molecular formula is C15H14ClN3O. The molecule has 0 aliphatic heterocycles. The first kappa shape index (κ1) is 12.8. The predicted octanol–water partition coefficient (Wildman–Crippen LogP) is 4.24. The molecule has 4 nitrogen and oxygen atoms in total. The average molecular weight is 288 g/mol. The standard InChI is InChI=1S/C15H14ClN3O/c1-9(10-2-4-11(16)5-3-10)18-15-19-13-8-12(17)6-7-14(13)20-15/h2-9H,17H2,1H3,(H,18,19). The summed E-state index contributed by atoms with van der Waals surface area (Å²) in [7, 11) is 0. The SMILES string of the molecule is CC(Nc1nc2cc(N)ccc2o1)c1ccc(Cl)cc1. The highest BCUT2D eigenvalue weighted by Crippen LogP contribution is 2.25. The van der Waals surface area contributed by atoms with Crippen molar-refractivity contribution in [2.24, 2.45) is 0 Å². The quantitative estimate of drug-likeness (QED) is 0.707. The molecule has 5 heteroatoms. The maximum absolute atomic E-state index is 5.88. The van der Waals surface area contributed by atoms with Gasteiger partial charge in [0, 0.05) is 10.7 Å². The first-order chi connectivity index (χ1) is 9.61. The number of nitrogens with one attached hydrogen (secondary N) is 1. The van der Waals surface area contributed by atoms with Crippen molar-refractivity contribution in [3.8, 4) is 0 Å². The summed E-state index contributed by atoms with van der Waals surface area (Å²) >= 11 is 5.88. The van der Waals surface area contributed by atoms with Crippen molar-refractivity contribution in [1.82, 2.24) is 4.98 Å². The second kappa shape index (κ2) is 5.06. The summed E-state index contributed by atoms with van der Waals surface area (Å²) in [6.07, 6.45) is 0. The van der Waals surface area contributed by atoms with Crippen molar-refractivity contribution in [2.75, 3.05) is 11.1 Å². The van der Waals surface area contributed by atoms with Gasteiger partial charge in [0.2, 0.25) is 0 Å². The molecule has 3 rings (SSSR count). The van der Waals surface area contributed by atoms with E-state index in [1.54, 1.807) is 12.1 Å². The monoisotopic (exact) mass is 287 g/mol. The van der Waals surface area contributed by atoms with Crippen LogP contribution < -0.4 is 11.1 Å². The first-order valence-electron chi connectivity index (χ1n) is 6.30. The van der Waals surface area contributed by atoms with E-state index in [4.69, 9.17) is 21.8 Å². The second-order valence-corrected chi connectivity index (χ2v) is 5.10. The smallest absolute Gasteiger partial charge is 0.296 e. The van der Waals surface area contributed by atoms with Gasteiger partial charge < -0.3 is 15.5 Å². The number of hydrogen-bond donors (Lipinski definition) is 2. The fraction of sp³-hybridized carbons (Fsp3) is 0.133. The van der Waals surface area contributed by atoms with E-state index in [9.17, 15) is 0 Å². The number of nitrogens with zero attached hydrogens (tertiary/aromatic N) is 1. The Hall–Kier alpha value is -2.20. The van der Waals surface area contributed by atoms with Crippen molar-refractivity contribution in [3.63, 3.8) is 0 Å². The third-order valence-corrected chi connectivity index (χ3v) is 3.37. The highest BCUT2D eigenvalue weighted by molar-refractivity contribution is 6.30. The molecule has 1 heterocycles. The van der Waals surface area contributed by atoms with E-state index in [1.807, 2.05) is 37.3 Å². The molecule has 0 aliphatic carbocycles. The number of aromatic nitrogens is 1. The molecule has 0 fully saturated rings. The number of oxazole rings is 1. The van der Waals surface area contributed by atoms with E-state index >= 15 is 0 Å². The van der Waals surface area contributed by atoms with Crippen LogP contribution in [0, 0.1) is 0 Å². The molecule has 0 spiro atoms. The molecule has 3 N–H and O–H groups in total. The Balaban J connectivity index is 1.83. The summed E-state index contributed by atoms with van der Waals surface area (Å²) in [6.45, 7) is 2.03. The molecular weight excluding hydrogens is 274 g/mol. The Kier molecular flexibility index (Phi) is 3.24. The molecule has 0 bridgehead atoms. The summed E-state index contributed by atoms with van der Waals surface area (Å²) in [4.78, 5) is 4.37. The molecule has 3 aromatic rings. The lowest BCUT2D eigenvalue weighted by Crippen LogP contribution is -2.06. The van der Waals surface area contributed by atoms with Crippen molar-refractivity contribution in [3.05, 3.63) is 53.1 Å². The van der Waals surface area contributed by atoms with E-state index in [0.717, 1.165) is 16.1 Å². The van der Waals surface area contributed by atoms with E-state index in [-0.39, 0.29) is 6.04 Å². The Morgan fingerprint density at radius 1 is 1.20 bits per heavy atom. The van der Waals surface area contributed by atoms with E-state index < -0.39 is 0 Å². The van der Waals surface area contributed by atoms with Crippen molar-refractivity contribution < 1.29 is 4.42 Å². The molecule has 1 aromatic heterocycles. The van der Waals surface area contributed by atoms with Gasteiger partial charge in [-0.15, -0.1) is 0 Å². The summed E-state index contributed by atoms with van der Waals surface area (Å²) in [5.41, 5.74) is 8.96. The molecule has 2 aromatic carbocycles. The summed E-state index contributed by atoms with van der Waals surface area (Å²) in [5.74, 6) is 0. The van der Waals surface area contributed by atoms with Crippen LogP contribution in [0.1, 0.15) is 18.5 Å². The van der Waals surface area contributed by atoms with Crippen LogP contribution in [0.2, 0.25) is 5.02 Å². The van der Waals surface area contributed by atoms with Gasteiger partial charge in [0.05, 0.1) is 6.04 Å². The van der Waals surface area contributed by atoms with Gasteiger partial charge in [-0.1, -0.05) is 23.7 Å². The zero-order valence-electron chi connectivity index (χ0n) is 10.9. The topological polar surface area (TPSA) is 64.1 Å². The minimum atomic E-state index is 0.0673. The Morgan fingerprint density at radius 3 is 2.70 bits per heavy atom. The van der Waals surface area contributed by atoms with Crippen molar-refractivity contribution in [2.45, 2.75) is 13.0 Å². The average Bonchev–Trinajstić information content (AvgIpc) is 2.80. The molecule has 20 heavy (non-hydrogen) atoms. The van der Waals surface area contributed by atoms with Crippen molar-refractivity contribution in [1.29, 1.82) is 0 Å². The van der Waals surface area contributed by atoms with Crippen LogP contribution in [0.5, 0.6) is 0 Å². The summed E-state index contributed by atoms with van der Waals surface area (Å²) < 4.78 is 5.64. The number of halogens is 1. The fourth-order valence-electron chi connectivity index (χ4n) is 2.03. The van der Waals surface area contributed by atoms with E-state index in [0.29, 0.717) is 17.3 Å². The van der Waals surface area contributed by atoms with Crippen LogP contribution >= 0.6 is 11.6 Å². The zero-order valence-corrected chi connectivity index (χ0v) is 11.7. The van der Waals surface area contributed by atoms with Crippen LogP contribution in [0.25, 0.3) is 11.1 Å². The van der Waals surface area contributed by atoms with Crippen molar-refractivity contribution >= 4 is 34.4 Å². The molecule has 0 aliphatic rings. The number of anilines is 2. The molecule has 0 saturated carbocycles. The Morgan fingerprint density at radius 2 is 1.95 bits per heavy atom. The van der Waals surface area contributed by atoms with Crippen LogP contribution in [-0.2, 0) is 0 Å². The maximum atomic E-state index is 5.88. The number of fused-ring (bicyclic) bond motifs is 1. The van der Waals surface area contributed by atoms with Crippen LogP contribution in [0.4, 0.5) is 11.7 Å². The summed E-state index contributed by atoms with van der Waals surface area (Å²) in [6, 6.07) is 13.6. The van der Waals surface area contributed by atoms with Gasteiger partial charge in [0.1, 0.15) is 5.52 Å². The molecule has 1 atom stereocenters. The lowest BCUT2D eigenvalue weighted by Gasteiger charge is -2.12. The number of nitrogens with two attached hydrogens (primary N) is 1. The molecule has 0 saturated heterocycles. The maximum Gasteiger partial charge on any atom is 0.296 e. The summed E-state index contributed by atoms with van der Waals surface area (Å²) in [5, 5.41) is 3.95. The van der Waals surface area contributed by atoms with E-state index in [1.165, 1.54) is 0 Å². The lowest BCUT2D eigenvalue weighted by atomic mass is 10.1. The van der Waals surface area contributed by atoms with Gasteiger partial charge in [-0.05, 0) is 42.8 Å². The third-order valence-electron chi connectivity index (χ3n) is 3.12. The highest BCUT2D eigenvalue weighted by atomic mass is 35.5. The van der Waals surface area contributed by atoms with Gasteiger partial charge in [-0.25, -0.2) is 0 Å². The Labute approximate surface area is 121 Å². The Bertz CT molecular complexity index is 736. The van der Waals surface area contributed by atoms with Gasteiger partial charge in [-0.2, -0.15) is 4.98 Å². The molecule has 102 valence electrons. The molecule has 0 radical (unpaired) electrons. The first-order valence-corrected chi connectivity index (χ1v) is 6.68. The largest absolute Gasteiger partial charge is 0.424 e. The molecule has 0 amide bonds. The highest BCUT2D eigenvalue weighted by Gasteiger charge is 2.10. The van der Waals surface area contributed by atoms with Crippen LogP contribution in [-0.4, -0.2) is 4.98 Å². The fourth-order valence-corrected chi connectivity index (χ4v) is 2.15. The van der Waals surface area contributed by atoms with Gasteiger partial charge in [0.15, 0.2) is 5.58 Å². The number of hydrogen-bond acceptors (Lipinski definition) is 4. The van der Waals surface area contributed by atoms with Gasteiger partial charge in [-0.3, -0.25) is 0 Å². The lowest BCUT2D eigenvalue weighted by molar-refractivity contribution is 0.604. The second-order valence-electron chi connectivity index (χ2n) is 4.66. The number of benzene rings is 2. The van der Waals surface area contributed by atoms with Gasteiger partial charge >= 0.3 is 0 Å². The minimum absolute atomic E-state index is 0.0673. The number of rotatable bonds is 3. The third kappa shape index (κ3) is 2.56. The van der Waals surface area contributed by atoms with Crippen LogP contribution in [0.3, 0.4) is 0 Å². The zero-order chi connectivity index (χ0) is 14.1. The van der Waals surface area contributed by atoms with Crippen LogP contribution in [0.15, 0.2) is 46.9 Å². The number of nitrogen functional groups attached to an aromatic ring is 1. The minimum Gasteiger partial charge on any atom is -0.424 e. The normalized spacial score (nSPS) is 12.5. The van der Waals surface area contributed by atoms with E-state index in [2.05, 4.69) is 10.3 Å². The van der Waals surface area contributed by atoms with Gasteiger partial charge in [0.25, 0.3) is 6.01 Å². The molecule has 1 unspecified atom stereocenters. The predicted molar refractivity (Wildman–Crippen MR) is 81.9 cm³/mol.